The lowest BCUT2D eigenvalue weighted by Crippen LogP contribution is -2.34. The van der Waals surface area contributed by atoms with E-state index in [0.29, 0.717) is 21.4 Å². The van der Waals surface area contributed by atoms with Crippen LogP contribution in [0, 0.1) is 13.8 Å². The third-order valence-electron chi connectivity index (χ3n) is 5.22. The maximum absolute atomic E-state index is 12.7. The number of aryl methyl sites for hydroxylation is 1. The molecule has 0 saturated carbocycles. The summed E-state index contributed by atoms with van der Waals surface area (Å²) in [5.41, 5.74) is 3.29. The molecule has 0 aliphatic rings. The molecule has 5 rings (SSSR count). The lowest BCUT2D eigenvalue weighted by atomic mass is 10.1. The number of aromatic nitrogens is 4. The third-order valence-corrected chi connectivity index (χ3v) is 7.10. The number of thiocarbonyl (C=S) groups is 1. The normalized spacial score (nSPS) is 11.1. The predicted molar refractivity (Wildman–Crippen MR) is 141 cm³/mol. The van der Waals surface area contributed by atoms with Crippen molar-refractivity contribution in [2.24, 2.45) is 0 Å². The number of halogens is 2. The molecule has 0 bridgehead atoms. The highest BCUT2D eigenvalue weighted by Gasteiger charge is 2.17. The van der Waals surface area contributed by atoms with Gasteiger partial charge in [0.15, 0.2) is 16.7 Å². The number of nitrogens with zero attached hydrogens (tertiary/aromatic N) is 4. The Kier molecular flexibility index (Phi) is 6.28. The molecule has 2 N–H and O–H groups in total. The minimum Gasteiger partial charge on any atom is -0.451 e. The van der Waals surface area contributed by atoms with Gasteiger partial charge in [0, 0.05) is 16.8 Å². The van der Waals surface area contributed by atoms with Crippen molar-refractivity contribution in [1.29, 1.82) is 0 Å². The van der Waals surface area contributed by atoms with Gasteiger partial charge in [-0.15, -0.1) is 10.2 Å². The summed E-state index contributed by atoms with van der Waals surface area (Å²) in [6, 6.07) is 14.1. The van der Waals surface area contributed by atoms with Crippen LogP contribution < -0.4 is 10.6 Å². The second-order valence-electron chi connectivity index (χ2n) is 7.53. The summed E-state index contributed by atoms with van der Waals surface area (Å²) >= 11 is 18.9. The van der Waals surface area contributed by atoms with E-state index in [2.05, 4.69) is 25.9 Å². The monoisotopic (exact) mass is 542 g/mol. The fourth-order valence-electron chi connectivity index (χ4n) is 3.41. The van der Waals surface area contributed by atoms with Crippen LogP contribution in [0.15, 0.2) is 52.9 Å². The molecular formula is C23H16Cl2N6O2S2. The van der Waals surface area contributed by atoms with Crippen LogP contribution >= 0.6 is 46.8 Å². The van der Waals surface area contributed by atoms with Crippen molar-refractivity contribution in [2.45, 2.75) is 13.8 Å². The number of carbonyl (C=O) groups excluding carboxylic acids is 1. The molecule has 3 heterocycles. The van der Waals surface area contributed by atoms with Crippen LogP contribution in [0.25, 0.3) is 26.9 Å². The smallest absolute Gasteiger partial charge is 0.293 e. The van der Waals surface area contributed by atoms with Gasteiger partial charge in [0.1, 0.15) is 10.8 Å². The van der Waals surface area contributed by atoms with Gasteiger partial charge in [-0.1, -0.05) is 46.7 Å². The van der Waals surface area contributed by atoms with E-state index in [4.69, 9.17) is 39.8 Å². The molecule has 35 heavy (non-hydrogen) atoms. The Hall–Kier alpha value is -3.31. The molecular weight excluding hydrogens is 527 g/mol. The molecule has 0 unspecified atom stereocenters. The number of hydrogen-bond acceptors (Lipinski definition) is 7. The SMILES string of the molecule is Cc1c(NC(=S)NC(=O)c2ccc(-c3ccc(Cl)c(Cl)c3)o2)cccc1-c1nn2c(C)nnc2s1. The van der Waals surface area contributed by atoms with Crippen LogP contribution in [0.4, 0.5) is 5.69 Å². The summed E-state index contributed by atoms with van der Waals surface area (Å²) in [4.78, 5) is 13.4. The first-order chi connectivity index (χ1) is 16.8. The van der Waals surface area contributed by atoms with E-state index in [1.165, 1.54) is 11.3 Å². The molecule has 176 valence electrons. The van der Waals surface area contributed by atoms with Crippen molar-refractivity contribution in [2.75, 3.05) is 5.32 Å². The van der Waals surface area contributed by atoms with Gasteiger partial charge in [-0.3, -0.25) is 10.1 Å². The Bertz CT molecular complexity index is 1610. The highest BCUT2D eigenvalue weighted by molar-refractivity contribution is 7.80. The van der Waals surface area contributed by atoms with Crippen molar-refractivity contribution in [3.63, 3.8) is 0 Å². The van der Waals surface area contributed by atoms with Crippen molar-refractivity contribution in [1.82, 2.24) is 25.1 Å². The van der Waals surface area contributed by atoms with Crippen molar-refractivity contribution >= 4 is 68.4 Å². The molecule has 0 fully saturated rings. The van der Waals surface area contributed by atoms with Crippen molar-refractivity contribution in [3.8, 4) is 21.9 Å². The van der Waals surface area contributed by atoms with Crippen LogP contribution in [0.1, 0.15) is 21.9 Å². The van der Waals surface area contributed by atoms with Gasteiger partial charge in [-0.2, -0.15) is 9.61 Å². The average molecular weight is 543 g/mol. The number of anilines is 1. The van der Waals surface area contributed by atoms with E-state index in [9.17, 15) is 4.79 Å². The summed E-state index contributed by atoms with van der Waals surface area (Å²) in [5, 5.41) is 20.2. The third kappa shape index (κ3) is 4.65. The van der Waals surface area contributed by atoms with E-state index < -0.39 is 5.91 Å². The number of amides is 1. The minimum atomic E-state index is -0.480. The van der Waals surface area contributed by atoms with Crippen LogP contribution in [0.2, 0.25) is 10.0 Å². The first-order valence-corrected chi connectivity index (χ1v) is 12.2. The lowest BCUT2D eigenvalue weighted by molar-refractivity contribution is 0.0951. The summed E-state index contributed by atoms with van der Waals surface area (Å²) in [6.07, 6.45) is 0. The predicted octanol–water partition coefficient (Wildman–Crippen LogP) is 6.16. The van der Waals surface area contributed by atoms with Gasteiger partial charge >= 0.3 is 0 Å². The molecule has 0 aliphatic carbocycles. The number of furan rings is 1. The number of rotatable bonds is 4. The highest BCUT2D eigenvalue weighted by atomic mass is 35.5. The second-order valence-corrected chi connectivity index (χ2v) is 9.71. The van der Waals surface area contributed by atoms with Crippen LogP contribution in [-0.2, 0) is 0 Å². The van der Waals surface area contributed by atoms with Gasteiger partial charge in [-0.05, 0) is 68.0 Å². The quantitative estimate of drug-likeness (QED) is 0.262. The van der Waals surface area contributed by atoms with Crippen LogP contribution in [0.3, 0.4) is 0 Å². The molecule has 12 heteroatoms. The standard InChI is InChI=1S/C23H16Cl2N6O2S2/c1-11-14(21-30-31-12(2)28-29-23(31)35-21)4-3-5-17(11)26-22(34)27-20(32)19-9-8-18(33-19)13-6-7-15(24)16(25)10-13/h3-10H,1-2H3,(H2,26,27,32,34). The second kappa shape index (κ2) is 9.38. The number of fused-ring (bicyclic) bond motifs is 1. The molecule has 0 spiro atoms. The number of hydrogen-bond donors (Lipinski definition) is 2. The van der Waals surface area contributed by atoms with Gasteiger partial charge < -0.3 is 9.73 Å². The molecule has 8 nitrogen and oxygen atoms in total. The van der Waals surface area contributed by atoms with Gasteiger partial charge in [0.05, 0.1) is 10.0 Å². The molecule has 2 aromatic carbocycles. The number of benzene rings is 2. The highest BCUT2D eigenvalue weighted by Crippen LogP contribution is 2.32. The van der Waals surface area contributed by atoms with E-state index >= 15 is 0 Å². The minimum absolute atomic E-state index is 0.107. The zero-order valence-electron chi connectivity index (χ0n) is 18.3. The van der Waals surface area contributed by atoms with Gasteiger partial charge in [0.25, 0.3) is 5.91 Å². The molecule has 0 aliphatic heterocycles. The fraction of sp³-hybridized carbons (Fsp3) is 0.0870. The first-order valence-electron chi connectivity index (χ1n) is 10.3. The molecule has 1 amide bonds. The Morgan fingerprint density at radius 1 is 1.09 bits per heavy atom. The molecule has 5 aromatic rings. The molecule has 3 aromatic heterocycles. The largest absolute Gasteiger partial charge is 0.451 e. The Morgan fingerprint density at radius 2 is 1.91 bits per heavy atom. The number of nitrogens with one attached hydrogen (secondary N) is 2. The zero-order chi connectivity index (χ0) is 24.7. The maximum atomic E-state index is 12.7. The van der Waals surface area contributed by atoms with Crippen LogP contribution in [0.5, 0.6) is 0 Å². The van der Waals surface area contributed by atoms with E-state index in [-0.39, 0.29) is 10.9 Å². The van der Waals surface area contributed by atoms with E-state index in [1.54, 1.807) is 34.8 Å². The van der Waals surface area contributed by atoms with E-state index in [0.717, 1.165) is 32.6 Å². The summed E-state index contributed by atoms with van der Waals surface area (Å²) in [5.74, 6) is 0.831. The summed E-state index contributed by atoms with van der Waals surface area (Å²) in [6.45, 7) is 3.80. The summed E-state index contributed by atoms with van der Waals surface area (Å²) in [7, 11) is 0. The first kappa shape index (κ1) is 23.4. The molecule has 0 atom stereocenters. The molecule has 0 saturated heterocycles. The van der Waals surface area contributed by atoms with Crippen LogP contribution in [-0.4, -0.2) is 30.8 Å². The van der Waals surface area contributed by atoms with Crippen molar-refractivity contribution in [3.05, 3.63) is 75.7 Å². The topological polar surface area (TPSA) is 97.3 Å². The molecule has 0 radical (unpaired) electrons. The average Bonchev–Trinajstić information content (AvgIpc) is 3.55. The van der Waals surface area contributed by atoms with Crippen molar-refractivity contribution < 1.29 is 9.21 Å². The Labute approximate surface area is 218 Å². The summed E-state index contributed by atoms with van der Waals surface area (Å²) < 4.78 is 7.40. The number of carbonyl (C=O) groups is 1. The lowest BCUT2D eigenvalue weighted by Gasteiger charge is -2.13. The Balaban J connectivity index is 1.30. The Morgan fingerprint density at radius 3 is 2.69 bits per heavy atom. The van der Waals surface area contributed by atoms with E-state index in [1.807, 2.05) is 32.0 Å². The van der Waals surface area contributed by atoms with Gasteiger partial charge in [-0.25, -0.2) is 0 Å². The zero-order valence-corrected chi connectivity index (χ0v) is 21.4. The fourth-order valence-corrected chi connectivity index (χ4v) is 4.88. The maximum Gasteiger partial charge on any atom is 0.293 e. The van der Waals surface area contributed by atoms with Gasteiger partial charge in [0.2, 0.25) is 4.96 Å².